The first-order valence-corrected chi connectivity index (χ1v) is 12.8. The number of carbonyl (C=O) groups is 1. The summed E-state index contributed by atoms with van der Waals surface area (Å²) < 4.78 is 0. The van der Waals surface area contributed by atoms with Crippen LogP contribution < -0.4 is 0 Å². The van der Waals surface area contributed by atoms with E-state index in [1.807, 2.05) is 58.2 Å². The van der Waals surface area contributed by atoms with Crippen molar-refractivity contribution in [2.45, 2.75) is 23.8 Å². The Morgan fingerprint density at radius 2 is 1.37 bits per heavy atom. The fraction of sp³-hybridized carbons (Fsp3) is 0.211. The van der Waals surface area contributed by atoms with Crippen LogP contribution in [-0.4, -0.2) is 21.0 Å². The van der Waals surface area contributed by atoms with E-state index in [4.69, 9.17) is 5.11 Å². The zero-order chi connectivity index (χ0) is 19.3. The second-order valence-corrected chi connectivity index (χ2v) is 9.78. The second kappa shape index (κ2) is 12.9. The normalized spacial score (nSPS) is 19.6. The topological polar surface area (TPSA) is 63.1 Å². The van der Waals surface area contributed by atoms with Crippen LogP contribution in [0.4, 0.5) is 0 Å². The van der Waals surface area contributed by atoms with E-state index in [2.05, 4.69) is 45.1 Å². The highest BCUT2D eigenvalue weighted by Crippen LogP contribution is 2.45. The maximum absolute atomic E-state index is 9.37. The summed E-state index contributed by atoms with van der Waals surface area (Å²) in [4.78, 5) is 17.9. The molecule has 2 aromatic rings. The lowest BCUT2D eigenvalue weighted by molar-refractivity contribution is -0.136. The minimum absolute atomic E-state index is 0.222. The van der Waals surface area contributed by atoms with E-state index < -0.39 is 5.97 Å². The lowest BCUT2D eigenvalue weighted by Gasteiger charge is -2.02. The van der Waals surface area contributed by atoms with Crippen molar-refractivity contribution in [2.24, 2.45) is 0 Å². The van der Waals surface area contributed by atoms with Gasteiger partial charge in [-0.25, -0.2) is 0 Å². The minimum atomic E-state index is -0.745. The second-order valence-electron chi connectivity index (χ2n) is 5.14. The van der Waals surface area contributed by atoms with Gasteiger partial charge in [0, 0.05) is 18.8 Å². The molecular weight excluding hydrogens is 416 g/mol. The number of carboxylic acids is 1. The first-order chi connectivity index (χ1) is 13.2. The van der Waals surface area contributed by atoms with Crippen molar-refractivity contribution in [3.63, 3.8) is 0 Å². The Balaban J connectivity index is 0.000000157. The Morgan fingerprint density at radius 1 is 0.926 bits per heavy atom. The molecule has 27 heavy (non-hydrogen) atoms. The fourth-order valence-corrected chi connectivity index (χ4v) is 6.07. The summed E-state index contributed by atoms with van der Waals surface area (Å²) >= 11 is 0. The molecule has 4 rings (SSSR count). The van der Waals surface area contributed by atoms with Gasteiger partial charge in [-0.2, -0.15) is 0 Å². The Hall–Kier alpha value is -1.35. The third kappa shape index (κ3) is 8.47. The zero-order valence-corrected chi connectivity index (χ0v) is 17.9. The maximum Gasteiger partial charge on any atom is 0.303 e. The molecule has 0 spiro atoms. The van der Waals surface area contributed by atoms with Crippen molar-refractivity contribution >= 4 is 49.1 Å². The highest BCUT2D eigenvalue weighted by molar-refractivity contribution is 8.78. The molecular formula is C19H20N2O2S4. The van der Waals surface area contributed by atoms with Crippen LogP contribution in [0.2, 0.25) is 0 Å². The van der Waals surface area contributed by atoms with Gasteiger partial charge in [0.1, 0.15) is 0 Å². The van der Waals surface area contributed by atoms with Gasteiger partial charge in [-0.3, -0.25) is 14.8 Å². The number of pyridine rings is 2. The van der Waals surface area contributed by atoms with Crippen molar-refractivity contribution in [3.05, 3.63) is 83.1 Å². The van der Waals surface area contributed by atoms with E-state index in [1.54, 1.807) is 28.5 Å². The van der Waals surface area contributed by atoms with Crippen LogP contribution >= 0.6 is 43.2 Å². The molecule has 0 aliphatic carbocycles. The Labute approximate surface area is 175 Å². The Bertz CT molecular complexity index is 684. The first kappa shape index (κ1) is 21.9. The zero-order valence-electron chi connectivity index (χ0n) is 14.7. The van der Waals surface area contributed by atoms with Crippen LogP contribution in [0.25, 0.3) is 0 Å². The molecule has 1 N–H and O–H groups in total. The average Bonchev–Trinajstić information content (AvgIpc) is 3.44. The van der Waals surface area contributed by atoms with E-state index in [0.29, 0.717) is 10.5 Å². The molecule has 2 atom stereocenters. The molecule has 0 bridgehead atoms. The summed E-state index contributed by atoms with van der Waals surface area (Å²) in [5.74, 6) is -0.745. The van der Waals surface area contributed by atoms with Gasteiger partial charge in [-0.05, 0) is 35.1 Å². The number of aromatic nitrogens is 2. The predicted molar refractivity (Wildman–Crippen MR) is 121 cm³/mol. The first-order valence-electron chi connectivity index (χ1n) is 8.22. The summed E-state index contributed by atoms with van der Waals surface area (Å²) in [6, 6.07) is 12.1. The minimum Gasteiger partial charge on any atom is -0.481 e. The van der Waals surface area contributed by atoms with Crippen molar-refractivity contribution < 1.29 is 9.90 Å². The smallest absolute Gasteiger partial charge is 0.303 e. The number of nitrogens with zero attached hydrogens (tertiary/aromatic N) is 2. The van der Waals surface area contributed by atoms with E-state index in [1.165, 1.54) is 0 Å². The number of hydrogen-bond donors (Lipinski definition) is 1. The van der Waals surface area contributed by atoms with Gasteiger partial charge < -0.3 is 5.11 Å². The van der Waals surface area contributed by atoms with Crippen LogP contribution in [0.15, 0.2) is 71.8 Å². The maximum atomic E-state index is 9.37. The molecule has 2 aromatic heterocycles. The van der Waals surface area contributed by atoms with Gasteiger partial charge in [-0.15, -0.1) is 0 Å². The number of rotatable bonds is 3. The quantitative estimate of drug-likeness (QED) is 0.544. The Morgan fingerprint density at radius 3 is 1.63 bits per heavy atom. The third-order valence-electron chi connectivity index (χ3n) is 3.20. The van der Waals surface area contributed by atoms with Crippen molar-refractivity contribution in [2.75, 3.05) is 0 Å². The predicted octanol–water partition coefficient (Wildman–Crippen LogP) is 6.54. The molecule has 0 saturated heterocycles. The summed E-state index contributed by atoms with van der Waals surface area (Å²) in [5.41, 5.74) is 2.30. The van der Waals surface area contributed by atoms with E-state index in [0.717, 1.165) is 11.4 Å². The lowest BCUT2D eigenvalue weighted by Crippen LogP contribution is -1.88. The molecule has 4 heterocycles. The van der Waals surface area contributed by atoms with Crippen LogP contribution in [0.5, 0.6) is 0 Å². The molecule has 2 aliphatic heterocycles. The Kier molecular flexibility index (Phi) is 10.5. The fourth-order valence-electron chi connectivity index (χ4n) is 1.84. The van der Waals surface area contributed by atoms with Gasteiger partial charge in [0.15, 0.2) is 0 Å². The standard InChI is InChI=1S/2C8H7NS2.C3H6O2/c2*1-2-5-9-7(3-1)8-4-6-10-11-8;1-2-3(4)5/h2*1-6,8H;2H2,1H3,(H,4,5). The number of hydrogen-bond acceptors (Lipinski definition) is 7. The van der Waals surface area contributed by atoms with E-state index >= 15 is 0 Å². The average molecular weight is 437 g/mol. The molecule has 0 aromatic carbocycles. The molecule has 0 radical (unpaired) electrons. The van der Waals surface area contributed by atoms with Crippen LogP contribution in [0.1, 0.15) is 35.2 Å². The van der Waals surface area contributed by atoms with Gasteiger partial charge in [0.25, 0.3) is 0 Å². The molecule has 2 unspecified atom stereocenters. The molecule has 0 amide bonds. The van der Waals surface area contributed by atoms with Gasteiger partial charge in [0.2, 0.25) is 0 Å². The van der Waals surface area contributed by atoms with Gasteiger partial charge in [0.05, 0.1) is 21.9 Å². The number of carboxylic acid groups (broad SMARTS) is 1. The van der Waals surface area contributed by atoms with Crippen molar-refractivity contribution in [1.29, 1.82) is 0 Å². The summed E-state index contributed by atoms with van der Waals surface area (Å²) in [5, 5.41) is 12.9. The molecule has 0 fully saturated rings. The summed E-state index contributed by atoms with van der Waals surface area (Å²) in [6.45, 7) is 1.60. The highest BCUT2D eigenvalue weighted by Gasteiger charge is 2.13. The molecule has 0 saturated carbocycles. The summed E-state index contributed by atoms with van der Waals surface area (Å²) in [7, 11) is 7.22. The molecule has 142 valence electrons. The highest BCUT2D eigenvalue weighted by atomic mass is 33.1. The summed E-state index contributed by atoms with van der Waals surface area (Å²) in [6.07, 6.45) is 8.26. The van der Waals surface area contributed by atoms with Crippen LogP contribution in [-0.2, 0) is 4.79 Å². The monoisotopic (exact) mass is 436 g/mol. The number of aliphatic carboxylic acids is 1. The van der Waals surface area contributed by atoms with Gasteiger partial charge in [-0.1, -0.05) is 74.4 Å². The largest absolute Gasteiger partial charge is 0.481 e. The van der Waals surface area contributed by atoms with E-state index in [-0.39, 0.29) is 6.42 Å². The molecule has 8 heteroatoms. The van der Waals surface area contributed by atoms with Crippen LogP contribution in [0, 0.1) is 0 Å². The molecule has 4 nitrogen and oxygen atoms in total. The van der Waals surface area contributed by atoms with Gasteiger partial charge >= 0.3 is 5.97 Å². The lowest BCUT2D eigenvalue weighted by atomic mass is 10.3. The van der Waals surface area contributed by atoms with E-state index in [9.17, 15) is 4.79 Å². The SMILES string of the molecule is C1=CC(c2ccccn2)SS1.C1=CC(c2ccccn2)SS1.CCC(=O)O. The van der Waals surface area contributed by atoms with Crippen molar-refractivity contribution in [3.8, 4) is 0 Å². The van der Waals surface area contributed by atoms with Crippen molar-refractivity contribution in [1.82, 2.24) is 9.97 Å². The third-order valence-corrected chi connectivity index (χ3v) is 7.75. The van der Waals surface area contributed by atoms with Crippen LogP contribution in [0.3, 0.4) is 0 Å². The molecule has 2 aliphatic rings.